The predicted octanol–water partition coefficient (Wildman–Crippen LogP) is 18.6. The predicted molar refractivity (Wildman–Crippen MR) is 354 cm³/mol. The Hall–Kier alpha value is -7.65. The van der Waals surface area contributed by atoms with Crippen molar-refractivity contribution in [3.8, 4) is 67.2 Å². The first kappa shape index (κ1) is 74.8. The van der Waals surface area contributed by atoms with Crippen molar-refractivity contribution in [1.29, 1.82) is 0 Å². The first-order valence-electron chi connectivity index (χ1n) is 29.0. The Morgan fingerprint density at radius 2 is 0.756 bits per heavy atom. The van der Waals surface area contributed by atoms with Gasteiger partial charge in [0.15, 0.2) is 17.3 Å². The summed E-state index contributed by atoms with van der Waals surface area (Å²) in [5.41, 5.74) is 26.0. The molecule has 0 unspecified atom stereocenters. The summed E-state index contributed by atoms with van der Waals surface area (Å²) in [6.07, 6.45) is 9.48. The second kappa shape index (κ2) is 32.4. The topological polar surface area (TPSA) is 151 Å². The SMILES string of the molecule is CC(=O)C=C(C)O.CC(=O)C=C(C)O.CC(=O)C=C(C)O.Cc1cc[c-]c(-c2cc3c(cn2)-c2ccccc2C3(C)C)c1.Cc1cc[c-]c(-c2cc3c(cn2)C(C)(C)c2ccccc2-3)c1.Cc1cc[c-]c(-c2nccc3c2C(C)(C)c2ccccc2-3)c1.[Ir].[Ir].[Ir]. The third kappa shape index (κ3) is 18.1. The van der Waals surface area contributed by atoms with Crippen LogP contribution < -0.4 is 0 Å². The number of hydrogen-bond acceptors (Lipinski definition) is 9. The fourth-order valence-electron chi connectivity index (χ4n) is 11.5. The van der Waals surface area contributed by atoms with Crippen molar-refractivity contribution in [3.63, 3.8) is 0 Å². The first-order valence-corrected chi connectivity index (χ1v) is 29.0. The molecule has 0 spiro atoms. The van der Waals surface area contributed by atoms with Crippen LogP contribution in [0.4, 0.5) is 0 Å². The summed E-state index contributed by atoms with van der Waals surface area (Å²) in [6, 6.07) is 61.2. The molecule has 0 fully saturated rings. The molecular weight excluding hydrogens is 1650 g/mol. The second-order valence-corrected chi connectivity index (χ2v) is 23.9. The molecule has 9 nitrogen and oxygen atoms in total. The van der Waals surface area contributed by atoms with Crippen molar-refractivity contribution in [2.24, 2.45) is 0 Å². The van der Waals surface area contributed by atoms with E-state index in [1.807, 2.05) is 36.8 Å². The van der Waals surface area contributed by atoms with E-state index in [2.05, 4.69) is 208 Å². The van der Waals surface area contributed by atoms with Gasteiger partial charge >= 0.3 is 0 Å². The van der Waals surface area contributed by atoms with Crippen LogP contribution in [0.3, 0.4) is 0 Å². The van der Waals surface area contributed by atoms with Gasteiger partial charge in [-0.15, -0.1) is 106 Å². The minimum absolute atomic E-state index is 0. The Bertz CT molecular complexity index is 4050. The maximum absolute atomic E-state index is 10.0. The third-order valence-electron chi connectivity index (χ3n) is 15.3. The molecule has 0 bridgehead atoms. The van der Waals surface area contributed by atoms with Gasteiger partial charge in [-0.25, -0.2) is 0 Å². The van der Waals surface area contributed by atoms with Crippen molar-refractivity contribution in [1.82, 2.24) is 15.0 Å². The number of aromatic nitrogens is 3. The fraction of sp³-hybridized carbons (Fsp3) is 0.231. The van der Waals surface area contributed by atoms with Gasteiger partial charge in [-0.2, -0.15) is 0 Å². The average Bonchev–Trinajstić information content (AvgIpc) is 1.61. The van der Waals surface area contributed by atoms with E-state index in [1.165, 1.54) is 143 Å². The number of allylic oxidation sites excluding steroid dienone is 6. The molecule has 90 heavy (non-hydrogen) atoms. The van der Waals surface area contributed by atoms with Crippen molar-refractivity contribution < 1.29 is 90.0 Å². The Morgan fingerprint density at radius 3 is 1.18 bits per heavy atom. The summed E-state index contributed by atoms with van der Waals surface area (Å²) >= 11 is 0. The van der Waals surface area contributed by atoms with Crippen molar-refractivity contribution in [2.45, 2.75) is 120 Å². The Kier molecular flexibility index (Phi) is 26.9. The molecule has 0 saturated heterocycles. The molecule has 3 aromatic heterocycles. The third-order valence-corrected chi connectivity index (χ3v) is 15.3. The van der Waals surface area contributed by atoms with Gasteiger partial charge in [0.25, 0.3) is 0 Å². The number of aliphatic hydroxyl groups excluding tert-OH is 3. The summed E-state index contributed by atoms with van der Waals surface area (Å²) in [5, 5.41) is 25.1. The molecule has 6 aromatic carbocycles. The molecule has 471 valence electrons. The van der Waals surface area contributed by atoms with E-state index in [9.17, 15) is 14.4 Å². The number of hydrogen-bond donors (Lipinski definition) is 3. The van der Waals surface area contributed by atoms with Crippen LogP contribution in [0.2, 0.25) is 0 Å². The molecule has 0 amide bonds. The van der Waals surface area contributed by atoms with Gasteiger partial charge in [0, 0.05) is 119 Å². The Labute approximate surface area is 573 Å². The molecule has 3 radical (unpaired) electrons. The van der Waals surface area contributed by atoms with Crippen LogP contribution in [-0.2, 0) is 90.9 Å². The number of carbonyl (C=O) groups is 3. The molecule has 3 heterocycles. The molecule has 0 saturated carbocycles. The van der Waals surface area contributed by atoms with Crippen molar-refractivity contribution in [2.75, 3.05) is 0 Å². The first-order chi connectivity index (χ1) is 41.1. The van der Waals surface area contributed by atoms with E-state index in [4.69, 9.17) is 30.3 Å². The zero-order chi connectivity index (χ0) is 63.5. The number of carbonyl (C=O) groups excluding carboxylic acids is 3. The van der Waals surface area contributed by atoms with Gasteiger partial charge in [-0.1, -0.05) is 147 Å². The van der Waals surface area contributed by atoms with E-state index < -0.39 is 0 Å². The molecule has 12 heteroatoms. The number of nitrogens with zero attached hydrogens (tertiary/aromatic N) is 3. The molecule has 3 aliphatic carbocycles. The summed E-state index contributed by atoms with van der Waals surface area (Å²) in [4.78, 5) is 44.2. The zero-order valence-electron chi connectivity index (χ0n) is 53.7. The molecular formula is C78H78Ir3N3O6-3. The number of aryl methyl sites for hydroxylation is 3. The maximum atomic E-state index is 10.0. The van der Waals surface area contributed by atoms with Gasteiger partial charge in [-0.05, 0) is 126 Å². The molecule has 12 rings (SSSR count). The number of aliphatic hydroxyl groups is 3. The smallest absolute Gasteiger partial charge is 0.155 e. The van der Waals surface area contributed by atoms with E-state index >= 15 is 0 Å². The summed E-state index contributed by atoms with van der Waals surface area (Å²) in [5.74, 6) is -0.187. The van der Waals surface area contributed by atoms with Crippen LogP contribution in [0, 0.1) is 39.0 Å². The minimum atomic E-state index is -0.125. The summed E-state index contributed by atoms with van der Waals surface area (Å²) in [7, 11) is 0. The second-order valence-electron chi connectivity index (χ2n) is 23.9. The Morgan fingerprint density at radius 1 is 0.389 bits per heavy atom. The monoisotopic (exact) mass is 1730 g/mol. The van der Waals surface area contributed by atoms with Crippen molar-refractivity contribution >= 4 is 17.3 Å². The van der Waals surface area contributed by atoms with Gasteiger partial charge in [0.2, 0.25) is 0 Å². The zero-order valence-corrected chi connectivity index (χ0v) is 60.9. The molecule has 0 atom stereocenters. The minimum Gasteiger partial charge on any atom is -0.512 e. The van der Waals surface area contributed by atoms with Gasteiger partial charge < -0.3 is 30.3 Å². The summed E-state index contributed by atoms with van der Waals surface area (Å²) < 4.78 is 0. The summed E-state index contributed by atoms with van der Waals surface area (Å²) in [6.45, 7) is 28.6. The van der Waals surface area contributed by atoms with E-state index in [1.54, 1.807) is 0 Å². The van der Waals surface area contributed by atoms with Crippen molar-refractivity contribution in [3.05, 3.63) is 268 Å². The van der Waals surface area contributed by atoms with E-state index in [0.29, 0.717) is 0 Å². The van der Waals surface area contributed by atoms with Crippen LogP contribution >= 0.6 is 0 Å². The van der Waals surface area contributed by atoms with Crippen LogP contribution in [0.5, 0.6) is 0 Å². The fourth-order valence-corrected chi connectivity index (χ4v) is 11.5. The number of pyridine rings is 3. The van der Waals surface area contributed by atoms with Gasteiger partial charge in [0.05, 0.1) is 17.3 Å². The average molecular weight is 1730 g/mol. The van der Waals surface area contributed by atoms with Crippen LogP contribution in [0.25, 0.3) is 67.2 Å². The number of benzene rings is 6. The van der Waals surface area contributed by atoms with E-state index in [0.717, 1.165) is 33.8 Å². The number of ketones is 3. The molecule has 3 aliphatic rings. The largest absolute Gasteiger partial charge is 0.512 e. The molecule has 0 aliphatic heterocycles. The van der Waals surface area contributed by atoms with Crippen LogP contribution in [-0.4, -0.2) is 47.6 Å². The maximum Gasteiger partial charge on any atom is 0.155 e. The number of rotatable bonds is 6. The quantitative estimate of drug-likeness (QED) is 0.0840. The Balaban J connectivity index is 0.000000245. The van der Waals surface area contributed by atoms with Gasteiger partial charge in [0.1, 0.15) is 0 Å². The van der Waals surface area contributed by atoms with Gasteiger partial charge in [-0.3, -0.25) is 14.4 Å². The van der Waals surface area contributed by atoms with E-state index in [-0.39, 0.29) is 111 Å². The normalized spacial score (nSPS) is 13.3. The standard InChI is InChI=1S/3C21H18N.3C5H8O2.3Ir/c1-14-7-6-8-15(11-14)20-12-19-17(13-22-20)16-9-4-5-10-18(16)21(19,2)3;1-14-7-6-8-15(11-14)20-12-17-16-9-4-5-10-18(16)21(2,3)19(17)13-22-20;1-14-7-6-8-15(13-14)20-19-17(11-12-22-20)16-9-4-5-10-18(16)21(19,2)3;3*1-4(6)3-5(2)7;;;/h3*4-7,9-13H,1-3H3;3*3,6H,1-2H3;;;/q3*-1;;;;;;. The van der Waals surface area contributed by atoms with Crippen LogP contribution in [0.15, 0.2) is 200 Å². The van der Waals surface area contributed by atoms with Crippen LogP contribution in [0.1, 0.15) is 133 Å². The molecule has 3 N–H and O–H groups in total. The number of fused-ring (bicyclic) bond motifs is 9. The molecule has 9 aromatic rings.